The first-order valence-electron chi connectivity index (χ1n) is 8.16. The smallest absolute Gasteiger partial charge is 0.317 e. The standard InChI is InChI=1S/C17H19N5O2S/c1-2-3-9-13(17(23)24)25-16-14-15(18-11-19-16)22(21-20-14)10-12-7-5-4-6-8-12/h4-8,11,13H,2-3,9-10H2,1H3,(H,23,24)/t13-/m1/s1. The van der Waals surface area contributed by atoms with E-state index in [0.29, 0.717) is 29.2 Å². The predicted molar refractivity (Wildman–Crippen MR) is 95.5 cm³/mol. The lowest BCUT2D eigenvalue weighted by Crippen LogP contribution is -2.16. The van der Waals surface area contributed by atoms with Crippen molar-refractivity contribution in [2.45, 2.75) is 43.0 Å². The molecule has 0 unspecified atom stereocenters. The highest BCUT2D eigenvalue weighted by Crippen LogP contribution is 2.29. The lowest BCUT2D eigenvalue weighted by Gasteiger charge is -2.10. The molecule has 0 bridgehead atoms. The van der Waals surface area contributed by atoms with Gasteiger partial charge >= 0.3 is 5.97 Å². The van der Waals surface area contributed by atoms with E-state index >= 15 is 0 Å². The monoisotopic (exact) mass is 357 g/mol. The first-order chi connectivity index (χ1) is 12.2. The van der Waals surface area contributed by atoms with Crippen molar-refractivity contribution in [2.24, 2.45) is 0 Å². The third-order valence-corrected chi connectivity index (χ3v) is 5.03. The van der Waals surface area contributed by atoms with E-state index in [9.17, 15) is 9.90 Å². The van der Waals surface area contributed by atoms with Crippen LogP contribution in [-0.4, -0.2) is 41.3 Å². The average Bonchev–Trinajstić information content (AvgIpc) is 3.03. The molecule has 0 aliphatic heterocycles. The van der Waals surface area contributed by atoms with E-state index in [4.69, 9.17) is 0 Å². The number of hydrogen-bond acceptors (Lipinski definition) is 6. The first-order valence-corrected chi connectivity index (χ1v) is 9.04. The van der Waals surface area contributed by atoms with Gasteiger partial charge in [-0.05, 0) is 12.0 Å². The largest absolute Gasteiger partial charge is 0.480 e. The van der Waals surface area contributed by atoms with Crippen molar-refractivity contribution < 1.29 is 9.90 Å². The van der Waals surface area contributed by atoms with Crippen LogP contribution in [0.25, 0.3) is 11.2 Å². The maximum atomic E-state index is 11.5. The summed E-state index contributed by atoms with van der Waals surface area (Å²) >= 11 is 1.22. The minimum absolute atomic E-state index is 0.544. The van der Waals surface area contributed by atoms with Crippen molar-refractivity contribution in [3.05, 3.63) is 42.2 Å². The van der Waals surface area contributed by atoms with Crippen LogP contribution in [0.2, 0.25) is 0 Å². The summed E-state index contributed by atoms with van der Waals surface area (Å²) in [5.41, 5.74) is 2.25. The van der Waals surface area contributed by atoms with Crippen LogP contribution in [0.15, 0.2) is 41.7 Å². The van der Waals surface area contributed by atoms with Crippen molar-refractivity contribution in [3.8, 4) is 0 Å². The zero-order valence-electron chi connectivity index (χ0n) is 13.9. The van der Waals surface area contributed by atoms with Crippen LogP contribution in [0, 0.1) is 0 Å². The molecule has 1 atom stereocenters. The minimum Gasteiger partial charge on any atom is -0.480 e. The second-order valence-electron chi connectivity index (χ2n) is 5.67. The summed E-state index contributed by atoms with van der Waals surface area (Å²) in [6, 6.07) is 9.92. The fraction of sp³-hybridized carbons (Fsp3) is 0.353. The minimum atomic E-state index is -0.832. The van der Waals surface area contributed by atoms with Crippen LogP contribution in [0.1, 0.15) is 31.7 Å². The number of nitrogens with zero attached hydrogens (tertiary/aromatic N) is 5. The van der Waals surface area contributed by atoms with E-state index < -0.39 is 11.2 Å². The van der Waals surface area contributed by atoms with Gasteiger partial charge in [-0.3, -0.25) is 4.79 Å². The van der Waals surface area contributed by atoms with Gasteiger partial charge in [0, 0.05) is 0 Å². The van der Waals surface area contributed by atoms with E-state index in [2.05, 4.69) is 20.3 Å². The van der Waals surface area contributed by atoms with Gasteiger partial charge in [0.1, 0.15) is 16.6 Å². The van der Waals surface area contributed by atoms with Crippen molar-refractivity contribution in [2.75, 3.05) is 0 Å². The average molecular weight is 357 g/mol. The Hall–Kier alpha value is -2.48. The molecule has 130 valence electrons. The zero-order valence-corrected chi connectivity index (χ0v) is 14.7. The molecule has 25 heavy (non-hydrogen) atoms. The molecule has 8 heteroatoms. The molecule has 0 saturated carbocycles. The molecule has 7 nitrogen and oxygen atoms in total. The Morgan fingerprint density at radius 2 is 2.08 bits per heavy atom. The molecule has 3 rings (SSSR count). The molecular formula is C17H19N5O2S. The number of carboxylic acids is 1. The lowest BCUT2D eigenvalue weighted by atomic mass is 10.2. The summed E-state index contributed by atoms with van der Waals surface area (Å²) in [5.74, 6) is -0.832. The predicted octanol–water partition coefficient (Wildman–Crippen LogP) is 3.01. The number of fused-ring (bicyclic) bond motifs is 1. The van der Waals surface area contributed by atoms with Gasteiger partial charge in [-0.15, -0.1) is 5.10 Å². The van der Waals surface area contributed by atoms with Crippen molar-refractivity contribution in [3.63, 3.8) is 0 Å². The van der Waals surface area contributed by atoms with E-state index in [-0.39, 0.29) is 0 Å². The summed E-state index contributed by atoms with van der Waals surface area (Å²) in [7, 11) is 0. The molecule has 2 aromatic heterocycles. The quantitative estimate of drug-likeness (QED) is 0.489. The van der Waals surface area contributed by atoms with Gasteiger partial charge in [0.25, 0.3) is 0 Å². The van der Waals surface area contributed by atoms with Gasteiger partial charge in [0.2, 0.25) is 0 Å². The Balaban J connectivity index is 1.86. The number of carbonyl (C=O) groups is 1. The number of hydrogen-bond donors (Lipinski definition) is 1. The summed E-state index contributed by atoms with van der Waals surface area (Å²) in [4.78, 5) is 20.0. The van der Waals surface area contributed by atoms with Crippen molar-refractivity contribution in [1.29, 1.82) is 0 Å². The second-order valence-corrected chi connectivity index (χ2v) is 6.86. The number of unbranched alkanes of at least 4 members (excludes halogenated alkanes) is 1. The molecule has 0 fully saturated rings. The topological polar surface area (TPSA) is 93.8 Å². The molecule has 0 aliphatic carbocycles. The maximum Gasteiger partial charge on any atom is 0.317 e. The Bertz CT molecular complexity index is 853. The fourth-order valence-corrected chi connectivity index (χ4v) is 3.48. The number of thioether (sulfide) groups is 1. The Labute approximate surface area is 149 Å². The van der Waals surface area contributed by atoms with Crippen molar-refractivity contribution in [1.82, 2.24) is 25.0 Å². The number of rotatable bonds is 8. The molecule has 0 amide bonds. The van der Waals surface area contributed by atoms with Crippen LogP contribution in [0.4, 0.5) is 0 Å². The van der Waals surface area contributed by atoms with Gasteiger partial charge in [0.05, 0.1) is 6.54 Å². The van der Waals surface area contributed by atoms with Gasteiger partial charge in [0.15, 0.2) is 11.2 Å². The Morgan fingerprint density at radius 3 is 2.80 bits per heavy atom. The van der Waals surface area contributed by atoms with Gasteiger partial charge in [-0.25, -0.2) is 14.6 Å². The summed E-state index contributed by atoms with van der Waals surface area (Å²) < 4.78 is 1.71. The fourth-order valence-electron chi connectivity index (χ4n) is 2.48. The highest BCUT2D eigenvalue weighted by Gasteiger charge is 2.22. The van der Waals surface area contributed by atoms with E-state index in [1.807, 2.05) is 37.3 Å². The molecule has 3 aromatic rings. The van der Waals surface area contributed by atoms with Gasteiger partial charge in [-0.1, -0.05) is 67.1 Å². The molecule has 1 aromatic carbocycles. The number of aromatic nitrogens is 5. The molecule has 0 saturated heterocycles. The first kappa shape index (κ1) is 17.3. The zero-order chi connectivity index (χ0) is 17.6. The van der Waals surface area contributed by atoms with Crippen LogP contribution in [-0.2, 0) is 11.3 Å². The van der Waals surface area contributed by atoms with Crippen LogP contribution < -0.4 is 0 Å². The van der Waals surface area contributed by atoms with Crippen LogP contribution >= 0.6 is 11.8 Å². The molecular weight excluding hydrogens is 338 g/mol. The molecule has 1 N–H and O–H groups in total. The summed E-state index contributed by atoms with van der Waals surface area (Å²) in [6.45, 7) is 2.60. The summed E-state index contributed by atoms with van der Waals surface area (Å²) in [5, 5.41) is 17.8. The normalized spacial score (nSPS) is 12.4. The summed E-state index contributed by atoms with van der Waals surface area (Å²) in [6.07, 6.45) is 3.85. The molecule has 0 aliphatic rings. The highest BCUT2D eigenvalue weighted by molar-refractivity contribution is 8.00. The Morgan fingerprint density at radius 1 is 1.28 bits per heavy atom. The number of carboxylic acid groups (broad SMARTS) is 1. The number of benzene rings is 1. The third kappa shape index (κ3) is 4.14. The second kappa shape index (κ2) is 8.06. The highest BCUT2D eigenvalue weighted by atomic mass is 32.2. The van der Waals surface area contributed by atoms with Gasteiger partial charge in [-0.2, -0.15) is 0 Å². The maximum absolute atomic E-state index is 11.5. The van der Waals surface area contributed by atoms with Crippen LogP contribution in [0.5, 0.6) is 0 Å². The van der Waals surface area contributed by atoms with E-state index in [0.717, 1.165) is 18.4 Å². The molecule has 2 heterocycles. The molecule has 0 radical (unpaired) electrons. The lowest BCUT2D eigenvalue weighted by molar-refractivity contribution is -0.136. The van der Waals surface area contributed by atoms with Crippen LogP contribution in [0.3, 0.4) is 0 Å². The van der Waals surface area contributed by atoms with E-state index in [1.54, 1.807) is 4.68 Å². The SMILES string of the molecule is CCCC[C@@H](Sc1ncnc2c1nnn2Cc1ccccc1)C(=O)O. The van der Waals surface area contributed by atoms with Gasteiger partial charge < -0.3 is 5.11 Å². The molecule has 0 spiro atoms. The third-order valence-electron chi connectivity index (χ3n) is 3.79. The Kier molecular flexibility index (Phi) is 5.60. The van der Waals surface area contributed by atoms with E-state index in [1.165, 1.54) is 18.1 Å². The number of aliphatic carboxylic acids is 1. The van der Waals surface area contributed by atoms with Crippen molar-refractivity contribution >= 4 is 28.9 Å².